The van der Waals surface area contributed by atoms with Crippen molar-refractivity contribution in [2.75, 3.05) is 0 Å². The Bertz CT molecular complexity index is 528. The second-order valence-electron chi connectivity index (χ2n) is 6.08. The zero-order valence-corrected chi connectivity index (χ0v) is 17.8. The molecule has 5 nitrogen and oxygen atoms in total. The molecule has 0 aliphatic heterocycles. The molecule has 0 bridgehead atoms. The van der Waals surface area contributed by atoms with Crippen molar-refractivity contribution >= 4 is 23.5 Å². The first-order chi connectivity index (χ1) is 10.1. The molecular weight excluding hydrogens is 345 g/mol. The molecule has 0 heterocycles. The summed E-state index contributed by atoms with van der Waals surface area (Å²) in [4.78, 5) is 23.1. The standard InChI is InChI=1S/C16H22ClNO4.K/c1-10(11-4-6-13(17)7-5-11)18-14(19)8-12(15(20)21)9-16(2,3)22;/h4-7,10,12,22H,8-9H2,1-3H3,(H,18,19)(H,20,21);/q;+1/p-1. The Balaban J connectivity index is 0.00000484. The number of aliphatic carboxylic acids is 1. The van der Waals surface area contributed by atoms with Gasteiger partial charge in [-0.05, 0) is 44.9 Å². The maximum absolute atomic E-state index is 12.0. The minimum absolute atomic E-state index is 0. The number of benzene rings is 1. The van der Waals surface area contributed by atoms with Crippen LogP contribution in [0.2, 0.25) is 5.02 Å². The third-order valence-corrected chi connectivity index (χ3v) is 3.51. The van der Waals surface area contributed by atoms with Crippen molar-refractivity contribution in [2.24, 2.45) is 5.92 Å². The Morgan fingerprint density at radius 2 is 1.83 bits per heavy atom. The zero-order chi connectivity index (χ0) is 16.9. The second-order valence-corrected chi connectivity index (χ2v) is 6.51. The Morgan fingerprint density at radius 1 is 1.30 bits per heavy atom. The summed E-state index contributed by atoms with van der Waals surface area (Å²) >= 11 is 5.80. The van der Waals surface area contributed by atoms with Crippen LogP contribution in [0.25, 0.3) is 0 Å². The molecule has 1 aromatic rings. The van der Waals surface area contributed by atoms with Gasteiger partial charge in [0.15, 0.2) is 0 Å². The number of hydrogen-bond acceptors (Lipinski definition) is 4. The van der Waals surface area contributed by atoms with E-state index < -0.39 is 23.4 Å². The summed E-state index contributed by atoms with van der Waals surface area (Å²) < 4.78 is 0. The van der Waals surface area contributed by atoms with Gasteiger partial charge in [0, 0.05) is 23.3 Å². The van der Waals surface area contributed by atoms with E-state index in [1.54, 1.807) is 31.2 Å². The summed E-state index contributed by atoms with van der Waals surface area (Å²) in [6.07, 6.45) is -0.275. The predicted octanol–water partition coefficient (Wildman–Crippen LogP) is -1.56. The van der Waals surface area contributed by atoms with Crippen molar-refractivity contribution in [1.29, 1.82) is 0 Å². The number of carboxylic acids is 1. The van der Waals surface area contributed by atoms with Gasteiger partial charge in [-0.2, -0.15) is 0 Å². The molecule has 2 N–H and O–H groups in total. The van der Waals surface area contributed by atoms with Gasteiger partial charge < -0.3 is 20.3 Å². The number of carbonyl (C=O) groups excluding carboxylic acids is 2. The summed E-state index contributed by atoms with van der Waals surface area (Å²) in [7, 11) is 0. The number of halogens is 1. The molecule has 0 aliphatic rings. The molecule has 0 aromatic heterocycles. The summed E-state index contributed by atoms with van der Waals surface area (Å²) in [6, 6.07) is 6.75. The van der Waals surface area contributed by atoms with Gasteiger partial charge in [0.25, 0.3) is 0 Å². The molecule has 1 amide bonds. The number of carbonyl (C=O) groups is 2. The van der Waals surface area contributed by atoms with Gasteiger partial charge in [0.2, 0.25) is 5.91 Å². The van der Waals surface area contributed by atoms with Crippen LogP contribution in [0.5, 0.6) is 0 Å². The van der Waals surface area contributed by atoms with Crippen molar-refractivity contribution in [3.05, 3.63) is 34.9 Å². The van der Waals surface area contributed by atoms with E-state index in [4.69, 9.17) is 11.6 Å². The van der Waals surface area contributed by atoms with Gasteiger partial charge in [0.05, 0.1) is 11.6 Å². The number of hydrogen-bond donors (Lipinski definition) is 2. The zero-order valence-electron chi connectivity index (χ0n) is 13.9. The molecule has 0 saturated carbocycles. The van der Waals surface area contributed by atoms with Crippen LogP contribution in [0.1, 0.15) is 45.2 Å². The number of rotatable bonds is 7. The minimum atomic E-state index is -1.34. The Kier molecular flexibility index (Phi) is 10.2. The monoisotopic (exact) mass is 365 g/mol. The fraction of sp³-hybridized carbons (Fsp3) is 0.500. The third-order valence-electron chi connectivity index (χ3n) is 3.26. The quantitative estimate of drug-likeness (QED) is 0.572. The van der Waals surface area contributed by atoms with E-state index >= 15 is 0 Å². The molecule has 122 valence electrons. The van der Waals surface area contributed by atoms with Crippen molar-refractivity contribution in [3.8, 4) is 0 Å². The summed E-state index contributed by atoms with van der Waals surface area (Å²) in [5.41, 5.74) is -0.308. The van der Waals surface area contributed by atoms with Crippen molar-refractivity contribution in [3.63, 3.8) is 0 Å². The van der Waals surface area contributed by atoms with Crippen molar-refractivity contribution in [2.45, 2.75) is 45.3 Å². The van der Waals surface area contributed by atoms with Gasteiger partial charge in [-0.1, -0.05) is 23.7 Å². The first kappa shape index (κ1) is 23.0. The van der Waals surface area contributed by atoms with Crippen LogP contribution < -0.4 is 61.8 Å². The smallest absolute Gasteiger partial charge is 0.550 e. The molecule has 2 unspecified atom stereocenters. The average Bonchev–Trinajstić information content (AvgIpc) is 2.36. The van der Waals surface area contributed by atoms with E-state index in [0.717, 1.165) is 5.56 Å². The van der Waals surface area contributed by atoms with Gasteiger partial charge in [0.1, 0.15) is 0 Å². The summed E-state index contributed by atoms with van der Waals surface area (Å²) in [5, 5.41) is 24.1. The van der Waals surface area contributed by atoms with E-state index in [1.165, 1.54) is 13.8 Å². The molecule has 0 aliphatic carbocycles. The Hall–Kier alpha value is 0.0464. The number of aliphatic hydroxyl groups is 1. The van der Waals surface area contributed by atoms with E-state index in [9.17, 15) is 19.8 Å². The third kappa shape index (κ3) is 9.19. The predicted molar refractivity (Wildman–Crippen MR) is 82.0 cm³/mol. The van der Waals surface area contributed by atoms with Crippen LogP contribution in [0.15, 0.2) is 24.3 Å². The normalized spacial score (nSPS) is 13.6. The van der Waals surface area contributed by atoms with Gasteiger partial charge in [-0.3, -0.25) is 4.79 Å². The number of amides is 1. The number of carboxylic acid groups (broad SMARTS) is 1. The van der Waals surface area contributed by atoms with Gasteiger partial charge in [-0.15, -0.1) is 0 Å². The first-order valence-corrected chi connectivity index (χ1v) is 7.44. The Morgan fingerprint density at radius 3 is 2.26 bits per heavy atom. The van der Waals surface area contributed by atoms with Crippen LogP contribution in [0.4, 0.5) is 0 Å². The maximum Gasteiger partial charge on any atom is 1.00 e. The molecule has 2 atom stereocenters. The van der Waals surface area contributed by atoms with Crippen LogP contribution in [-0.4, -0.2) is 22.6 Å². The summed E-state index contributed by atoms with van der Waals surface area (Å²) in [5.74, 6) is -2.77. The molecule has 7 heteroatoms. The topological polar surface area (TPSA) is 89.5 Å². The maximum atomic E-state index is 12.0. The largest absolute Gasteiger partial charge is 1.00 e. The molecule has 0 radical (unpaired) electrons. The Labute approximate surface area is 184 Å². The molecule has 1 rings (SSSR count). The van der Waals surface area contributed by atoms with Crippen molar-refractivity contribution < 1.29 is 71.2 Å². The summed E-state index contributed by atoms with van der Waals surface area (Å²) in [6.45, 7) is 4.79. The minimum Gasteiger partial charge on any atom is -0.550 e. The average molecular weight is 366 g/mol. The van der Waals surface area contributed by atoms with Crippen LogP contribution in [-0.2, 0) is 9.59 Å². The van der Waals surface area contributed by atoms with Crippen molar-refractivity contribution in [1.82, 2.24) is 5.32 Å². The van der Waals surface area contributed by atoms with E-state index in [0.29, 0.717) is 5.02 Å². The van der Waals surface area contributed by atoms with Crippen LogP contribution in [0.3, 0.4) is 0 Å². The molecule has 0 saturated heterocycles. The van der Waals surface area contributed by atoms with E-state index in [1.807, 2.05) is 0 Å². The number of nitrogens with one attached hydrogen (secondary N) is 1. The van der Waals surface area contributed by atoms with E-state index in [-0.39, 0.29) is 70.3 Å². The molecule has 0 fully saturated rings. The van der Waals surface area contributed by atoms with E-state index in [2.05, 4.69) is 5.32 Å². The first-order valence-electron chi connectivity index (χ1n) is 7.06. The molecular formula is C16H21ClKNO4. The van der Waals surface area contributed by atoms with Crippen LogP contribution >= 0.6 is 11.6 Å². The molecule has 0 spiro atoms. The fourth-order valence-corrected chi connectivity index (χ4v) is 2.33. The molecule has 1 aromatic carbocycles. The SMILES string of the molecule is CC(NC(=O)CC(CC(C)(C)O)C(=O)[O-])c1ccc(Cl)cc1.[K+]. The van der Waals surface area contributed by atoms with Gasteiger partial charge in [-0.25, -0.2) is 0 Å². The van der Waals surface area contributed by atoms with Crippen LogP contribution in [0, 0.1) is 5.92 Å². The second kappa shape index (κ2) is 10.1. The fourth-order valence-electron chi connectivity index (χ4n) is 2.20. The van der Waals surface area contributed by atoms with Gasteiger partial charge >= 0.3 is 51.4 Å². The molecule has 23 heavy (non-hydrogen) atoms.